The summed E-state index contributed by atoms with van der Waals surface area (Å²) in [4.78, 5) is 42.6. The molecule has 6 aromatic rings. The summed E-state index contributed by atoms with van der Waals surface area (Å²) in [6.45, 7) is 1.24. The van der Waals surface area contributed by atoms with Crippen LogP contribution in [0.4, 0.5) is 5.69 Å². The van der Waals surface area contributed by atoms with E-state index in [1.54, 1.807) is 53.1 Å². The number of aromatic nitrogens is 2. The monoisotopic (exact) mass is 521 g/mol. The van der Waals surface area contributed by atoms with E-state index in [-0.39, 0.29) is 23.9 Å². The summed E-state index contributed by atoms with van der Waals surface area (Å²) in [5.74, 6) is 0.825. The minimum Gasteiger partial charge on any atom is -0.493 e. The third kappa shape index (κ3) is 3.86. The van der Waals surface area contributed by atoms with Crippen molar-refractivity contribution in [3.8, 4) is 17.2 Å². The van der Waals surface area contributed by atoms with Gasteiger partial charge in [0.1, 0.15) is 5.75 Å². The van der Waals surface area contributed by atoms with Gasteiger partial charge in [-0.25, -0.2) is 0 Å². The molecule has 3 aromatic carbocycles. The lowest BCUT2D eigenvalue weighted by Gasteiger charge is -2.12. The molecule has 0 aliphatic heterocycles. The molecule has 3 heterocycles. The number of ether oxygens (including phenoxy) is 3. The van der Waals surface area contributed by atoms with Crippen LogP contribution < -0.4 is 25.1 Å². The maximum Gasteiger partial charge on any atom is 0.267 e. The van der Waals surface area contributed by atoms with Crippen LogP contribution in [0.5, 0.6) is 17.2 Å². The second-order valence-corrected chi connectivity index (χ2v) is 9.07. The van der Waals surface area contributed by atoms with Crippen molar-refractivity contribution in [2.24, 2.45) is 0 Å². The van der Waals surface area contributed by atoms with Gasteiger partial charge in [-0.15, -0.1) is 0 Å². The van der Waals surface area contributed by atoms with Crippen molar-refractivity contribution in [1.29, 1.82) is 0 Å². The summed E-state index contributed by atoms with van der Waals surface area (Å²) in [6.07, 6.45) is 1.70. The van der Waals surface area contributed by atoms with Crippen LogP contribution in [-0.4, -0.2) is 41.9 Å². The average Bonchev–Trinajstić information content (AvgIpc) is 3.28. The third-order valence-electron chi connectivity index (χ3n) is 6.79. The summed E-state index contributed by atoms with van der Waals surface area (Å²) >= 11 is 0. The first kappa shape index (κ1) is 24.2. The first-order chi connectivity index (χ1) is 18.9. The quantitative estimate of drug-likeness (QED) is 0.237. The zero-order valence-electron chi connectivity index (χ0n) is 21.4. The molecule has 9 heteroatoms. The summed E-state index contributed by atoms with van der Waals surface area (Å²) < 4.78 is 18.4. The summed E-state index contributed by atoms with van der Waals surface area (Å²) in [5, 5.41) is 5.41. The van der Waals surface area contributed by atoms with Crippen LogP contribution >= 0.6 is 0 Å². The van der Waals surface area contributed by atoms with E-state index in [1.165, 1.54) is 21.1 Å². The van der Waals surface area contributed by atoms with Gasteiger partial charge in [0, 0.05) is 33.6 Å². The number of nitrogens with one attached hydrogen (secondary N) is 1. The number of Topliss-reactive ketones (excluding diaryl/α,β-unsaturated/α-hetero) is 1. The first-order valence-corrected chi connectivity index (χ1v) is 12.2. The normalized spacial score (nSPS) is 11.4. The standard InChI is InChI=1S/C30H23N3O6/c1-16(34)17-5-4-6-18(13-17)32-25(35)15-39-19-7-9-23-22(14-19)20-11-12-31-27-21-8-10-24(37-2)29(38-3)26(21)30(36)33(23)28(20)27/h4-14H,15H2,1-3H3,(H,32,35). The number of rotatable bonds is 7. The Kier molecular flexibility index (Phi) is 5.76. The van der Waals surface area contributed by atoms with Crippen LogP contribution in [0.3, 0.4) is 0 Å². The lowest BCUT2D eigenvalue weighted by molar-refractivity contribution is -0.118. The number of ketones is 1. The van der Waals surface area contributed by atoms with Crippen LogP contribution in [0.2, 0.25) is 0 Å². The maximum absolute atomic E-state index is 13.9. The number of carbonyl (C=O) groups excluding carboxylic acids is 2. The number of carbonyl (C=O) groups is 2. The Morgan fingerprint density at radius 3 is 2.56 bits per heavy atom. The molecular weight excluding hydrogens is 498 g/mol. The number of nitrogens with zero attached hydrogens (tertiary/aromatic N) is 2. The van der Waals surface area contributed by atoms with E-state index in [0.717, 1.165) is 10.8 Å². The van der Waals surface area contributed by atoms with Gasteiger partial charge in [0.15, 0.2) is 23.9 Å². The molecule has 0 bridgehead atoms. The minimum atomic E-state index is -0.366. The van der Waals surface area contributed by atoms with Crippen LogP contribution in [-0.2, 0) is 4.79 Å². The van der Waals surface area contributed by atoms with Crippen molar-refractivity contribution in [3.05, 3.63) is 82.8 Å². The molecule has 0 aliphatic rings. The number of hydrogen-bond acceptors (Lipinski definition) is 7. The van der Waals surface area contributed by atoms with Gasteiger partial charge in [-0.2, -0.15) is 0 Å². The highest BCUT2D eigenvalue weighted by atomic mass is 16.5. The van der Waals surface area contributed by atoms with Crippen LogP contribution in [0.1, 0.15) is 17.3 Å². The first-order valence-electron chi connectivity index (χ1n) is 12.2. The number of methoxy groups -OCH3 is 2. The van der Waals surface area contributed by atoms with Gasteiger partial charge < -0.3 is 19.5 Å². The van der Waals surface area contributed by atoms with Crippen LogP contribution in [0, 0.1) is 0 Å². The molecule has 0 radical (unpaired) electrons. The van der Waals surface area contributed by atoms with Gasteiger partial charge in [-0.1, -0.05) is 12.1 Å². The largest absolute Gasteiger partial charge is 0.493 e. The predicted octanol–water partition coefficient (Wildman–Crippen LogP) is 4.83. The Hall–Kier alpha value is -5.18. The van der Waals surface area contributed by atoms with Gasteiger partial charge in [0.2, 0.25) is 0 Å². The number of pyridine rings is 2. The van der Waals surface area contributed by atoms with Crippen molar-refractivity contribution >= 4 is 55.5 Å². The van der Waals surface area contributed by atoms with E-state index >= 15 is 0 Å². The fraction of sp³-hybridized carbons (Fsp3) is 0.133. The van der Waals surface area contributed by atoms with Crippen molar-refractivity contribution in [2.75, 3.05) is 26.1 Å². The van der Waals surface area contributed by atoms with Crippen LogP contribution in [0.15, 0.2) is 71.7 Å². The molecule has 0 unspecified atom stereocenters. The highest BCUT2D eigenvalue weighted by Crippen LogP contribution is 2.39. The van der Waals surface area contributed by atoms with Crippen molar-refractivity contribution in [1.82, 2.24) is 9.38 Å². The lowest BCUT2D eigenvalue weighted by atomic mass is 10.1. The van der Waals surface area contributed by atoms with E-state index in [2.05, 4.69) is 10.3 Å². The molecule has 3 aromatic heterocycles. The molecule has 1 N–H and O–H groups in total. The second-order valence-electron chi connectivity index (χ2n) is 9.07. The van der Waals surface area contributed by atoms with Gasteiger partial charge in [-0.3, -0.25) is 23.8 Å². The van der Waals surface area contributed by atoms with Gasteiger partial charge in [0.05, 0.1) is 36.2 Å². The number of hydrogen-bond donors (Lipinski definition) is 1. The zero-order chi connectivity index (χ0) is 27.3. The highest BCUT2D eigenvalue weighted by molar-refractivity contribution is 6.19. The van der Waals surface area contributed by atoms with E-state index in [9.17, 15) is 14.4 Å². The highest BCUT2D eigenvalue weighted by Gasteiger charge is 2.22. The fourth-order valence-electron chi connectivity index (χ4n) is 5.05. The van der Waals surface area contributed by atoms with Crippen molar-refractivity contribution in [2.45, 2.75) is 6.92 Å². The topological polar surface area (TPSA) is 108 Å². The summed E-state index contributed by atoms with van der Waals surface area (Å²) in [6, 6.07) is 17.5. The molecule has 0 aliphatic carbocycles. The molecule has 0 fully saturated rings. The molecule has 1 amide bonds. The van der Waals surface area contributed by atoms with E-state index < -0.39 is 0 Å². The van der Waals surface area contributed by atoms with E-state index in [0.29, 0.717) is 55.8 Å². The van der Waals surface area contributed by atoms with Crippen molar-refractivity contribution in [3.63, 3.8) is 0 Å². The zero-order valence-corrected chi connectivity index (χ0v) is 21.4. The summed E-state index contributed by atoms with van der Waals surface area (Å²) in [7, 11) is 3.03. The second kappa shape index (κ2) is 9.29. The Bertz CT molecular complexity index is 2000. The average molecular weight is 522 g/mol. The molecule has 0 saturated carbocycles. The molecule has 0 atom stereocenters. The Morgan fingerprint density at radius 2 is 1.79 bits per heavy atom. The van der Waals surface area contributed by atoms with Crippen molar-refractivity contribution < 1.29 is 23.8 Å². The smallest absolute Gasteiger partial charge is 0.267 e. The summed E-state index contributed by atoms with van der Waals surface area (Å²) in [5.41, 5.74) is 2.80. The fourth-order valence-corrected chi connectivity index (χ4v) is 5.05. The molecule has 9 nitrogen and oxygen atoms in total. The SMILES string of the molecule is COc1ccc2c(c1OC)c(=O)n1c3ccc(OCC(=O)Nc4cccc(C(C)=O)c4)cc3c3ccnc2c31. The lowest BCUT2D eigenvalue weighted by Crippen LogP contribution is -2.20. The molecule has 194 valence electrons. The van der Waals surface area contributed by atoms with Gasteiger partial charge >= 0.3 is 0 Å². The van der Waals surface area contributed by atoms with E-state index in [4.69, 9.17) is 14.2 Å². The van der Waals surface area contributed by atoms with Crippen LogP contribution in [0.25, 0.3) is 38.1 Å². The maximum atomic E-state index is 13.9. The van der Waals surface area contributed by atoms with Gasteiger partial charge in [-0.05, 0) is 55.5 Å². The predicted molar refractivity (Wildman–Crippen MR) is 149 cm³/mol. The molecule has 6 rings (SSSR count). The Balaban J connectivity index is 1.40. The number of benzene rings is 3. The Labute approximate surface area is 221 Å². The minimum absolute atomic E-state index is 0.0868. The third-order valence-corrected chi connectivity index (χ3v) is 6.79. The van der Waals surface area contributed by atoms with E-state index in [1.807, 2.05) is 18.2 Å². The number of anilines is 1. The molecular formula is C30H23N3O6. The molecule has 0 spiro atoms. The van der Waals surface area contributed by atoms with Gasteiger partial charge in [0.25, 0.3) is 11.5 Å². The molecule has 0 saturated heterocycles. The molecule has 39 heavy (non-hydrogen) atoms. The number of fused-ring (bicyclic) bond motifs is 5. The Morgan fingerprint density at radius 1 is 0.949 bits per heavy atom. The number of amides is 1.